The lowest BCUT2D eigenvalue weighted by molar-refractivity contribution is 0.467. The summed E-state index contributed by atoms with van der Waals surface area (Å²) in [5.41, 5.74) is 3.88. The summed E-state index contributed by atoms with van der Waals surface area (Å²) in [6.07, 6.45) is 0. The number of rotatable bonds is 3. The molecule has 2 N–H and O–H groups in total. The fourth-order valence-electron chi connectivity index (χ4n) is 1.86. The fourth-order valence-corrected chi connectivity index (χ4v) is 2.84. The van der Waals surface area contributed by atoms with Crippen LogP contribution in [0.2, 0.25) is 4.34 Å². The van der Waals surface area contributed by atoms with Crippen molar-refractivity contribution in [2.45, 2.75) is 26.8 Å². The first-order valence-electron chi connectivity index (χ1n) is 5.78. The highest BCUT2D eigenvalue weighted by Gasteiger charge is 2.11. The van der Waals surface area contributed by atoms with Gasteiger partial charge in [-0.1, -0.05) is 17.7 Å². The zero-order chi connectivity index (χ0) is 13.3. The Morgan fingerprint density at radius 3 is 2.67 bits per heavy atom. The SMILES string of the molecule is Cc1ccc(NC(C)c2csc(Cl)c2)c(C)c1O. The van der Waals surface area contributed by atoms with Gasteiger partial charge in [-0.15, -0.1) is 11.3 Å². The largest absolute Gasteiger partial charge is 0.507 e. The maximum absolute atomic E-state index is 9.92. The van der Waals surface area contributed by atoms with E-state index in [9.17, 15) is 5.11 Å². The van der Waals surface area contributed by atoms with Gasteiger partial charge in [0, 0.05) is 17.3 Å². The van der Waals surface area contributed by atoms with Crippen LogP contribution in [0.15, 0.2) is 23.6 Å². The molecule has 2 nitrogen and oxygen atoms in total. The van der Waals surface area contributed by atoms with Crippen molar-refractivity contribution in [1.82, 2.24) is 0 Å². The van der Waals surface area contributed by atoms with E-state index < -0.39 is 0 Å². The molecule has 1 aromatic carbocycles. The highest BCUT2D eigenvalue weighted by atomic mass is 35.5. The molecular weight excluding hydrogens is 266 g/mol. The quantitative estimate of drug-likeness (QED) is 0.839. The van der Waals surface area contributed by atoms with Gasteiger partial charge in [0.05, 0.1) is 4.34 Å². The molecule has 0 aliphatic heterocycles. The minimum absolute atomic E-state index is 0.162. The van der Waals surface area contributed by atoms with Gasteiger partial charge in [0.25, 0.3) is 0 Å². The molecule has 1 atom stereocenters. The topological polar surface area (TPSA) is 32.3 Å². The number of phenols is 1. The summed E-state index contributed by atoms with van der Waals surface area (Å²) in [6, 6.07) is 6.04. The van der Waals surface area contributed by atoms with Crippen LogP contribution in [-0.2, 0) is 0 Å². The van der Waals surface area contributed by atoms with Crippen LogP contribution in [0.1, 0.15) is 29.7 Å². The monoisotopic (exact) mass is 281 g/mol. The maximum atomic E-state index is 9.92. The van der Waals surface area contributed by atoms with E-state index in [1.54, 1.807) is 0 Å². The standard InChI is InChI=1S/C14H16ClNOS/c1-8-4-5-12(9(2)14(8)17)16-10(3)11-6-13(15)18-7-11/h4-7,10,16-17H,1-3H3. The fraction of sp³-hybridized carbons (Fsp3) is 0.286. The van der Waals surface area contributed by atoms with E-state index in [0.717, 1.165) is 26.7 Å². The maximum Gasteiger partial charge on any atom is 0.123 e. The predicted octanol–water partition coefficient (Wildman–Crippen LogP) is 4.90. The number of thiophene rings is 1. The Hall–Kier alpha value is -1.19. The van der Waals surface area contributed by atoms with Crippen LogP contribution < -0.4 is 5.32 Å². The Morgan fingerprint density at radius 1 is 1.33 bits per heavy atom. The summed E-state index contributed by atoms with van der Waals surface area (Å²) in [6.45, 7) is 5.89. The van der Waals surface area contributed by atoms with Crippen molar-refractivity contribution >= 4 is 28.6 Å². The summed E-state index contributed by atoms with van der Waals surface area (Å²) in [5, 5.41) is 15.4. The van der Waals surface area contributed by atoms with Crippen LogP contribution >= 0.6 is 22.9 Å². The van der Waals surface area contributed by atoms with Gasteiger partial charge in [0.2, 0.25) is 0 Å². The van der Waals surface area contributed by atoms with Crippen LogP contribution in [0.4, 0.5) is 5.69 Å². The summed E-state index contributed by atoms with van der Waals surface area (Å²) < 4.78 is 0.794. The molecule has 18 heavy (non-hydrogen) atoms. The van der Waals surface area contributed by atoms with Gasteiger partial charge >= 0.3 is 0 Å². The third-order valence-electron chi connectivity index (χ3n) is 3.09. The first-order chi connectivity index (χ1) is 8.49. The first-order valence-corrected chi connectivity index (χ1v) is 7.04. The molecule has 0 saturated carbocycles. The third kappa shape index (κ3) is 2.62. The highest BCUT2D eigenvalue weighted by Crippen LogP contribution is 2.32. The van der Waals surface area contributed by atoms with Crippen molar-refractivity contribution in [2.24, 2.45) is 0 Å². The first kappa shape index (κ1) is 13.2. The molecule has 0 aliphatic carbocycles. The number of anilines is 1. The Labute approximate surface area is 116 Å². The van der Waals surface area contributed by atoms with Gasteiger partial charge in [-0.05, 0) is 49.4 Å². The number of hydrogen-bond acceptors (Lipinski definition) is 3. The van der Waals surface area contributed by atoms with Crippen molar-refractivity contribution in [2.75, 3.05) is 5.32 Å². The minimum Gasteiger partial charge on any atom is -0.507 e. The molecule has 0 spiro atoms. The molecule has 4 heteroatoms. The highest BCUT2D eigenvalue weighted by molar-refractivity contribution is 7.14. The van der Waals surface area contributed by atoms with E-state index in [1.807, 2.05) is 37.4 Å². The molecule has 96 valence electrons. The predicted molar refractivity (Wildman–Crippen MR) is 78.9 cm³/mol. The van der Waals surface area contributed by atoms with Crippen LogP contribution in [-0.4, -0.2) is 5.11 Å². The molecule has 1 aromatic heterocycles. The summed E-state index contributed by atoms with van der Waals surface area (Å²) >= 11 is 7.46. The van der Waals surface area contributed by atoms with Gasteiger partial charge in [-0.25, -0.2) is 0 Å². The van der Waals surface area contributed by atoms with Crippen LogP contribution in [0.25, 0.3) is 0 Å². The van der Waals surface area contributed by atoms with Crippen molar-refractivity contribution < 1.29 is 5.11 Å². The van der Waals surface area contributed by atoms with Gasteiger partial charge < -0.3 is 10.4 Å². The Morgan fingerprint density at radius 2 is 2.06 bits per heavy atom. The van der Waals surface area contributed by atoms with Gasteiger partial charge in [-0.3, -0.25) is 0 Å². The molecule has 1 unspecified atom stereocenters. The van der Waals surface area contributed by atoms with E-state index in [-0.39, 0.29) is 6.04 Å². The lowest BCUT2D eigenvalue weighted by Gasteiger charge is -2.17. The molecule has 2 rings (SSSR count). The number of benzene rings is 1. The molecule has 0 radical (unpaired) electrons. The number of hydrogen-bond donors (Lipinski definition) is 2. The van der Waals surface area contributed by atoms with E-state index >= 15 is 0 Å². The van der Waals surface area contributed by atoms with Crippen molar-refractivity contribution in [3.05, 3.63) is 44.6 Å². The van der Waals surface area contributed by atoms with Gasteiger partial charge in [0.15, 0.2) is 0 Å². The molecular formula is C14H16ClNOS. The lowest BCUT2D eigenvalue weighted by atomic mass is 10.1. The number of nitrogens with one attached hydrogen (secondary N) is 1. The summed E-state index contributed by atoms with van der Waals surface area (Å²) in [5.74, 6) is 0.357. The number of aromatic hydroxyl groups is 1. The van der Waals surface area contributed by atoms with Crippen LogP contribution in [0, 0.1) is 13.8 Å². The molecule has 0 bridgehead atoms. The number of aryl methyl sites for hydroxylation is 1. The van der Waals surface area contributed by atoms with E-state index in [0.29, 0.717) is 5.75 Å². The summed E-state index contributed by atoms with van der Waals surface area (Å²) in [7, 11) is 0. The van der Waals surface area contributed by atoms with Crippen molar-refractivity contribution in [1.29, 1.82) is 0 Å². The smallest absolute Gasteiger partial charge is 0.123 e. The Kier molecular flexibility index (Phi) is 3.83. The second kappa shape index (κ2) is 5.21. The van der Waals surface area contributed by atoms with E-state index in [4.69, 9.17) is 11.6 Å². The van der Waals surface area contributed by atoms with Crippen molar-refractivity contribution in [3.8, 4) is 5.75 Å². The zero-order valence-corrected chi connectivity index (χ0v) is 12.2. The van der Waals surface area contributed by atoms with Gasteiger partial charge in [0.1, 0.15) is 5.75 Å². The van der Waals surface area contributed by atoms with Crippen LogP contribution in [0.3, 0.4) is 0 Å². The number of phenolic OH excluding ortho intramolecular Hbond substituents is 1. The molecule has 0 saturated heterocycles. The van der Waals surface area contributed by atoms with Crippen molar-refractivity contribution in [3.63, 3.8) is 0 Å². The normalized spacial score (nSPS) is 12.4. The molecule has 0 fully saturated rings. The molecule has 1 heterocycles. The average molecular weight is 282 g/mol. The van der Waals surface area contributed by atoms with Gasteiger partial charge in [-0.2, -0.15) is 0 Å². The average Bonchev–Trinajstić information content (AvgIpc) is 2.77. The zero-order valence-electron chi connectivity index (χ0n) is 10.6. The van der Waals surface area contributed by atoms with Crippen LogP contribution in [0.5, 0.6) is 5.75 Å². The second-order valence-corrected chi connectivity index (χ2v) is 6.00. The van der Waals surface area contributed by atoms with E-state index in [1.165, 1.54) is 11.3 Å². The molecule has 0 amide bonds. The second-order valence-electron chi connectivity index (χ2n) is 4.45. The summed E-state index contributed by atoms with van der Waals surface area (Å²) in [4.78, 5) is 0. The number of halogens is 1. The molecule has 0 aliphatic rings. The lowest BCUT2D eigenvalue weighted by Crippen LogP contribution is -2.06. The van der Waals surface area contributed by atoms with E-state index in [2.05, 4.69) is 12.2 Å². The Bertz CT molecular complexity index is 565. The molecule has 2 aromatic rings. The minimum atomic E-state index is 0.162. The Balaban J connectivity index is 2.22. The third-order valence-corrected chi connectivity index (χ3v) is 4.20.